The van der Waals surface area contributed by atoms with E-state index in [4.69, 9.17) is 15.5 Å². The lowest BCUT2D eigenvalue weighted by Gasteiger charge is -2.14. The van der Waals surface area contributed by atoms with Crippen molar-refractivity contribution in [3.05, 3.63) is 0 Å². The van der Waals surface area contributed by atoms with E-state index in [1.54, 1.807) is 0 Å². The van der Waals surface area contributed by atoms with Crippen molar-refractivity contribution in [1.29, 1.82) is 0 Å². The zero-order chi connectivity index (χ0) is 9.07. The van der Waals surface area contributed by atoms with Crippen LogP contribution in [-0.4, -0.2) is 16.0 Å². The van der Waals surface area contributed by atoms with Crippen LogP contribution in [0.1, 0.15) is 20.3 Å². The van der Waals surface area contributed by atoms with E-state index in [1.165, 1.54) is 0 Å². The SMILES string of the molecule is CC(C)CC(N)OP(=O)(O)O. The Morgan fingerprint density at radius 2 is 2.00 bits per heavy atom. The van der Waals surface area contributed by atoms with Gasteiger partial charge in [0.05, 0.1) is 0 Å². The number of nitrogens with two attached hydrogens (primary N) is 1. The lowest BCUT2D eigenvalue weighted by Crippen LogP contribution is -2.24. The van der Waals surface area contributed by atoms with Crippen LogP contribution in [0.25, 0.3) is 0 Å². The summed E-state index contributed by atoms with van der Waals surface area (Å²) in [5.74, 6) is 0.261. The Balaban J connectivity index is 3.70. The van der Waals surface area contributed by atoms with Gasteiger partial charge in [0.15, 0.2) is 0 Å². The molecule has 6 heteroatoms. The molecule has 68 valence electrons. The summed E-state index contributed by atoms with van der Waals surface area (Å²) in [6.07, 6.45) is -0.443. The molecule has 0 heterocycles. The largest absolute Gasteiger partial charge is 0.471 e. The first-order valence-electron chi connectivity index (χ1n) is 3.31. The fraction of sp³-hybridized carbons (Fsp3) is 1.00. The van der Waals surface area contributed by atoms with Gasteiger partial charge in [-0.1, -0.05) is 13.8 Å². The van der Waals surface area contributed by atoms with Crippen molar-refractivity contribution in [3.8, 4) is 0 Å². The van der Waals surface area contributed by atoms with E-state index in [0.29, 0.717) is 6.42 Å². The van der Waals surface area contributed by atoms with Gasteiger partial charge in [-0.2, -0.15) is 0 Å². The molecular formula is C5H14NO4P. The van der Waals surface area contributed by atoms with E-state index in [1.807, 2.05) is 13.8 Å². The molecule has 0 aromatic carbocycles. The van der Waals surface area contributed by atoms with Crippen molar-refractivity contribution >= 4 is 7.82 Å². The van der Waals surface area contributed by atoms with Gasteiger partial charge in [0, 0.05) is 0 Å². The number of hydrogen-bond acceptors (Lipinski definition) is 3. The van der Waals surface area contributed by atoms with Crippen molar-refractivity contribution in [3.63, 3.8) is 0 Å². The molecule has 0 aromatic heterocycles. The number of rotatable bonds is 4. The van der Waals surface area contributed by atoms with Gasteiger partial charge in [-0.3, -0.25) is 4.52 Å². The zero-order valence-corrected chi connectivity index (χ0v) is 7.49. The highest BCUT2D eigenvalue weighted by molar-refractivity contribution is 7.46. The smallest absolute Gasteiger partial charge is 0.306 e. The third-order valence-electron chi connectivity index (χ3n) is 0.976. The van der Waals surface area contributed by atoms with Gasteiger partial charge in [0.25, 0.3) is 0 Å². The Labute approximate surface area is 65.8 Å². The van der Waals surface area contributed by atoms with Gasteiger partial charge >= 0.3 is 7.82 Å². The second-order valence-electron chi connectivity index (χ2n) is 2.76. The molecule has 0 amide bonds. The molecule has 1 unspecified atom stereocenters. The predicted molar refractivity (Wildman–Crippen MR) is 40.6 cm³/mol. The van der Waals surface area contributed by atoms with Gasteiger partial charge in [0.2, 0.25) is 0 Å². The molecule has 4 N–H and O–H groups in total. The first-order chi connectivity index (χ1) is 4.81. The van der Waals surface area contributed by atoms with Crippen LogP contribution in [0.4, 0.5) is 0 Å². The van der Waals surface area contributed by atoms with Crippen LogP contribution in [0, 0.1) is 5.92 Å². The van der Waals surface area contributed by atoms with Crippen LogP contribution in [-0.2, 0) is 9.09 Å². The molecule has 5 nitrogen and oxygen atoms in total. The maximum absolute atomic E-state index is 10.2. The minimum atomic E-state index is -4.40. The molecule has 0 spiro atoms. The van der Waals surface area contributed by atoms with E-state index in [0.717, 1.165) is 0 Å². The summed E-state index contributed by atoms with van der Waals surface area (Å²) in [7, 11) is -4.40. The Hall–Kier alpha value is 0.0700. The van der Waals surface area contributed by atoms with Gasteiger partial charge in [-0.15, -0.1) is 0 Å². The molecule has 0 aliphatic carbocycles. The van der Waals surface area contributed by atoms with Gasteiger partial charge in [-0.05, 0) is 12.3 Å². The predicted octanol–water partition coefficient (Wildman–Crippen LogP) is 0.427. The molecule has 0 aromatic rings. The summed E-state index contributed by atoms with van der Waals surface area (Å²) in [5, 5.41) is 0. The Morgan fingerprint density at radius 1 is 1.55 bits per heavy atom. The number of hydrogen-bond donors (Lipinski definition) is 3. The van der Waals surface area contributed by atoms with Gasteiger partial charge in [-0.25, -0.2) is 4.57 Å². The normalized spacial score (nSPS) is 15.5. The van der Waals surface area contributed by atoms with E-state index >= 15 is 0 Å². The monoisotopic (exact) mass is 183 g/mol. The summed E-state index contributed by atoms with van der Waals surface area (Å²) in [5.41, 5.74) is 5.25. The molecule has 0 rings (SSSR count). The summed E-state index contributed by atoms with van der Waals surface area (Å²) < 4.78 is 14.4. The average Bonchev–Trinajstić information content (AvgIpc) is 1.53. The number of phosphoric ester groups is 1. The highest BCUT2D eigenvalue weighted by Crippen LogP contribution is 2.37. The Bertz CT molecular complexity index is 155. The van der Waals surface area contributed by atoms with Crippen molar-refractivity contribution in [2.75, 3.05) is 0 Å². The minimum Gasteiger partial charge on any atom is -0.306 e. The summed E-state index contributed by atoms with van der Waals surface area (Å²) in [6.45, 7) is 3.78. The fourth-order valence-corrected chi connectivity index (χ4v) is 1.12. The topological polar surface area (TPSA) is 92.8 Å². The van der Waals surface area contributed by atoms with Crippen LogP contribution in [0.3, 0.4) is 0 Å². The molecule has 0 aliphatic heterocycles. The zero-order valence-electron chi connectivity index (χ0n) is 6.60. The van der Waals surface area contributed by atoms with Crippen molar-refractivity contribution in [2.45, 2.75) is 26.5 Å². The van der Waals surface area contributed by atoms with Crippen LogP contribution in [0.5, 0.6) is 0 Å². The maximum Gasteiger partial charge on any atom is 0.471 e. The average molecular weight is 183 g/mol. The molecule has 1 atom stereocenters. The quantitative estimate of drug-likeness (QED) is 0.434. The maximum atomic E-state index is 10.2. The van der Waals surface area contributed by atoms with Crippen LogP contribution < -0.4 is 5.73 Å². The lowest BCUT2D eigenvalue weighted by atomic mass is 10.1. The van der Waals surface area contributed by atoms with E-state index in [-0.39, 0.29) is 5.92 Å². The van der Waals surface area contributed by atoms with Crippen molar-refractivity contribution < 1.29 is 18.9 Å². The summed E-state index contributed by atoms with van der Waals surface area (Å²) >= 11 is 0. The van der Waals surface area contributed by atoms with E-state index in [2.05, 4.69) is 4.52 Å². The van der Waals surface area contributed by atoms with Gasteiger partial charge in [0.1, 0.15) is 6.23 Å². The first-order valence-corrected chi connectivity index (χ1v) is 4.84. The second-order valence-corrected chi connectivity index (χ2v) is 3.96. The molecule has 0 aliphatic rings. The highest BCUT2D eigenvalue weighted by Gasteiger charge is 2.19. The second kappa shape index (κ2) is 4.18. The summed E-state index contributed by atoms with van der Waals surface area (Å²) in [4.78, 5) is 16.6. The van der Waals surface area contributed by atoms with Crippen molar-refractivity contribution in [1.82, 2.24) is 0 Å². The van der Waals surface area contributed by atoms with Crippen LogP contribution >= 0.6 is 7.82 Å². The van der Waals surface area contributed by atoms with Crippen LogP contribution in [0.15, 0.2) is 0 Å². The molecule has 0 saturated heterocycles. The first kappa shape index (κ1) is 11.1. The lowest BCUT2D eigenvalue weighted by molar-refractivity contribution is 0.121. The van der Waals surface area contributed by atoms with Crippen LogP contribution in [0.2, 0.25) is 0 Å². The third kappa shape index (κ3) is 7.97. The Kier molecular flexibility index (Phi) is 4.21. The third-order valence-corrected chi connectivity index (χ3v) is 1.52. The molecule has 11 heavy (non-hydrogen) atoms. The van der Waals surface area contributed by atoms with E-state index in [9.17, 15) is 4.57 Å². The molecule has 0 saturated carbocycles. The fourth-order valence-electron chi connectivity index (χ4n) is 0.684. The van der Waals surface area contributed by atoms with Gasteiger partial charge < -0.3 is 15.5 Å². The van der Waals surface area contributed by atoms with Crippen molar-refractivity contribution in [2.24, 2.45) is 11.7 Å². The molecule has 0 bridgehead atoms. The minimum absolute atomic E-state index is 0.261. The number of phosphoric acid groups is 1. The van der Waals surface area contributed by atoms with E-state index < -0.39 is 14.1 Å². The molecule has 0 fully saturated rings. The standard InChI is InChI=1S/C5H14NO4P/c1-4(2)3-5(6)10-11(7,8)9/h4-5H,3,6H2,1-2H3,(H2,7,8,9). The Morgan fingerprint density at radius 3 is 2.27 bits per heavy atom. The highest BCUT2D eigenvalue weighted by atomic mass is 31.2. The summed E-state index contributed by atoms with van der Waals surface area (Å²) in [6, 6.07) is 0. The molecular weight excluding hydrogens is 169 g/mol. The molecule has 0 radical (unpaired) electrons.